The van der Waals surface area contributed by atoms with E-state index >= 15 is 0 Å². The van der Waals surface area contributed by atoms with Crippen LogP contribution in [0.2, 0.25) is 0 Å². The monoisotopic (exact) mass is 549 g/mol. The highest BCUT2D eigenvalue weighted by Gasteiger charge is 2.53. The number of amides is 4. The molecule has 0 spiro atoms. The van der Waals surface area contributed by atoms with Crippen LogP contribution in [-0.4, -0.2) is 74.5 Å². The lowest BCUT2D eigenvalue weighted by atomic mass is 10.00. The van der Waals surface area contributed by atoms with E-state index in [-0.39, 0.29) is 37.0 Å². The maximum atomic E-state index is 14.1. The molecule has 39 heavy (non-hydrogen) atoms. The molecule has 4 amide bonds. The molecule has 3 N–H and O–H groups in total. The molecule has 0 aliphatic carbocycles. The standard InChI is InChI=1S/C28H35N7O3S/c1-4-5-14-30-28(38)35(18(2)3)33-17-23(36)34-22(33)16-32(26(37)25(34)19-10-7-6-8-11-19)15-20-12-9-13-21-24(20)31-27(29)39-21/h6-13,18,22,25H,4-5,14-17H2,1-3H3,(H2,29,31)(H,30,38)/t22-,25+/m1/s1. The molecule has 2 aromatic carbocycles. The van der Waals surface area contributed by atoms with Crippen LogP contribution < -0.4 is 11.1 Å². The van der Waals surface area contributed by atoms with Crippen molar-refractivity contribution < 1.29 is 14.4 Å². The van der Waals surface area contributed by atoms with Crippen LogP contribution in [0.15, 0.2) is 48.5 Å². The molecule has 2 fully saturated rings. The first-order chi connectivity index (χ1) is 18.8. The first-order valence-electron chi connectivity index (χ1n) is 13.4. The lowest BCUT2D eigenvalue weighted by Crippen LogP contribution is -2.64. The summed E-state index contributed by atoms with van der Waals surface area (Å²) in [5.41, 5.74) is 8.40. The molecule has 0 saturated carbocycles. The number of para-hydroxylation sites is 1. The van der Waals surface area contributed by atoms with Gasteiger partial charge in [-0.1, -0.05) is 67.1 Å². The third kappa shape index (κ3) is 5.16. The highest BCUT2D eigenvalue weighted by molar-refractivity contribution is 7.22. The van der Waals surface area contributed by atoms with Crippen LogP contribution in [0.5, 0.6) is 0 Å². The van der Waals surface area contributed by atoms with Crippen molar-refractivity contribution in [3.05, 3.63) is 59.7 Å². The molecule has 5 rings (SSSR count). The molecule has 0 unspecified atom stereocenters. The van der Waals surface area contributed by atoms with Gasteiger partial charge in [-0.15, -0.1) is 0 Å². The molecule has 206 valence electrons. The number of aromatic nitrogens is 1. The van der Waals surface area contributed by atoms with E-state index in [1.807, 2.05) is 67.4 Å². The Balaban J connectivity index is 1.52. The van der Waals surface area contributed by atoms with E-state index in [9.17, 15) is 14.4 Å². The number of hydrogen-bond donors (Lipinski definition) is 2. The second-order valence-electron chi connectivity index (χ2n) is 10.3. The number of carbonyl (C=O) groups excluding carboxylic acids is 3. The van der Waals surface area contributed by atoms with Gasteiger partial charge in [-0.2, -0.15) is 5.01 Å². The predicted octanol–water partition coefficient (Wildman–Crippen LogP) is 3.57. The number of benzene rings is 2. The van der Waals surface area contributed by atoms with Gasteiger partial charge in [0.15, 0.2) is 5.13 Å². The fourth-order valence-electron chi connectivity index (χ4n) is 5.47. The number of hydrogen-bond acceptors (Lipinski definition) is 7. The number of piperazine rings is 1. The van der Waals surface area contributed by atoms with Gasteiger partial charge in [-0.25, -0.2) is 9.78 Å². The Morgan fingerprint density at radius 2 is 1.95 bits per heavy atom. The van der Waals surface area contributed by atoms with Crippen LogP contribution in [-0.2, 0) is 16.1 Å². The molecule has 2 aliphatic heterocycles. The van der Waals surface area contributed by atoms with E-state index in [1.165, 1.54) is 11.3 Å². The number of nitrogens with one attached hydrogen (secondary N) is 1. The Hall–Kier alpha value is -3.70. The van der Waals surface area contributed by atoms with Crippen molar-refractivity contribution in [2.24, 2.45) is 0 Å². The Morgan fingerprint density at radius 1 is 1.18 bits per heavy atom. The molecular weight excluding hydrogens is 514 g/mol. The summed E-state index contributed by atoms with van der Waals surface area (Å²) < 4.78 is 0.961. The van der Waals surface area contributed by atoms with E-state index < -0.39 is 12.2 Å². The highest BCUT2D eigenvalue weighted by atomic mass is 32.1. The summed E-state index contributed by atoms with van der Waals surface area (Å²) >= 11 is 1.41. The second kappa shape index (κ2) is 11.2. The first kappa shape index (κ1) is 26.9. The van der Waals surface area contributed by atoms with E-state index in [1.54, 1.807) is 14.8 Å². The third-order valence-corrected chi connectivity index (χ3v) is 8.08. The van der Waals surface area contributed by atoms with Crippen molar-refractivity contribution >= 4 is 44.5 Å². The topological polar surface area (TPSA) is 115 Å². The van der Waals surface area contributed by atoms with Gasteiger partial charge in [0, 0.05) is 19.1 Å². The number of carbonyl (C=O) groups is 3. The molecule has 2 aliphatic rings. The lowest BCUT2D eigenvalue weighted by Gasteiger charge is -2.47. The number of nitrogens with two attached hydrogens (primary N) is 1. The molecule has 2 saturated heterocycles. The summed E-state index contributed by atoms with van der Waals surface area (Å²) in [6, 6.07) is 14.0. The summed E-state index contributed by atoms with van der Waals surface area (Å²) in [6.45, 7) is 7.09. The van der Waals surface area contributed by atoms with E-state index in [0.717, 1.165) is 34.2 Å². The number of unbranched alkanes of at least 4 members (excludes halogenated alkanes) is 1. The summed E-state index contributed by atoms with van der Waals surface area (Å²) in [4.78, 5) is 48.8. The van der Waals surface area contributed by atoms with E-state index in [4.69, 9.17) is 5.73 Å². The van der Waals surface area contributed by atoms with Crippen LogP contribution >= 0.6 is 11.3 Å². The maximum Gasteiger partial charge on any atom is 0.332 e. The van der Waals surface area contributed by atoms with Crippen molar-refractivity contribution in [1.29, 1.82) is 0 Å². The van der Waals surface area contributed by atoms with Gasteiger partial charge in [0.2, 0.25) is 5.91 Å². The Kier molecular flexibility index (Phi) is 7.72. The predicted molar refractivity (Wildman–Crippen MR) is 151 cm³/mol. The van der Waals surface area contributed by atoms with Gasteiger partial charge in [0.05, 0.1) is 23.3 Å². The quantitative estimate of drug-likeness (QED) is 0.415. The smallest absolute Gasteiger partial charge is 0.332 e. The summed E-state index contributed by atoms with van der Waals surface area (Å²) in [7, 11) is 0. The molecule has 0 bridgehead atoms. The molecule has 3 aromatic rings. The van der Waals surface area contributed by atoms with Gasteiger partial charge in [0.25, 0.3) is 5.91 Å². The van der Waals surface area contributed by atoms with Gasteiger partial charge < -0.3 is 20.9 Å². The minimum atomic E-state index is -0.792. The molecule has 3 heterocycles. The van der Waals surface area contributed by atoms with Crippen molar-refractivity contribution in [3.63, 3.8) is 0 Å². The minimum absolute atomic E-state index is 0.0205. The number of anilines is 1. The fourth-order valence-corrected chi connectivity index (χ4v) is 6.25. The van der Waals surface area contributed by atoms with Crippen molar-refractivity contribution in [3.8, 4) is 0 Å². The highest BCUT2D eigenvalue weighted by Crippen LogP contribution is 2.37. The summed E-state index contributed by atoms with van der Waals surface area (Å²) in [5.74, 6) is -0.334. The van der Waals surface area contributed by atoms with E-state index in [2.05, 4.69) is 17.2 Å². The average Bonchev–Trinajstić information content (AvgIpc) is 3.44. The SMILES string of the molecule is CCCCNC(=O)N(C(C)C)N1CC(=O)N2[C@@H](c3ccccc3)C(=O)N(Cc3cccc4sc(N)nc34)C[C@@H]21. The van der Waals surface area contributed by atoms with Crippen molar-refractivity contribution in [2.75, 3.05) is 25.4 Å². The number of nitrogen functional groups attached to an aromatic ring is 1. The second-order valence-corrected chi connectivity index (χ2v) is 11.3. The van der Waals surface area contributed by atoms with Crippen LogP contribution in [0, 0.1) is 0 Å². The molecular formula is C28H35N7O3S. The van der Waals surface area contributed by atoms with Gasteiger partial charge in [-0.05, 0) is 37.5 Å². The number of urea groups is 1. The number of hydrazine groups is 1. The summed E-state index contributed by atoms with van der Waals surface area (Å²) in [6.07, 6.45) is 1.34. The van der Waals surface area contributed by atoms with Crippen LogP contribution in [0.3, 0.4) is 0 Å². The third-order valence-electron chi connectivity index (χ3n) is 7.23. The molecule has 10 nitrogen and oxygen atoms in total. The number of rotatable bonds is 8. The zero-order valence-corrected chi connectivity index (χ0v) is 23.4. The van der Waals surface area contributed by atoms with Crippen LogP contribution in [0.25, 0.3) is 10.2 Å². The number of fused-ring (bicyclic) bond motifs is 2. The maximum absolute atomic E-state index is 14.1. The largest absolute Gasteiger partial charge is 0.375 e. The molecule has 1 aromatic heterocycles. The molecule has 0 radical (unpaired) electrons. The Labute approximate surface area is 232 Å². The molecule has 2 atom stereocenters. The van der Waals surface area contributed by atoms with Crippen molar-refractivity contribution in [1.82, 2.24) is 30.1 Å². The number of nitrogens with zero attached hydrogens (tertiary/aromatic N) is 5. The minimum Gasteiger partial charge on any atom is -0.375 e. The van der Waals surface area contributed by atoms with Crippen LogP contribution in [0.4, 0.5) is 9.93 Å². The van der Waals surface area contributed by atoms with Gasteiger partial charge >= 0.3 is 6.03 Å². The first-order valence-corrected chi connectivity index (χ1v) is 14.2. The Bertz CT molecular complexity index is 1360. The summed E-state index contributed by atoms with van der Waals surface area (Å²) in [5, 5.41) is 6.93. The van der Waals surface area contributed by atoms with Crippen LogP contribution in [0.1, 0.15) is 50.8 Å². The lowest BCUT2D eigenvalue weighted by molar-refractivity contribution is -0.159. The normalized spacial score (nSPS) is 19.7. The molecule has 11 heteroatoms. The number of thiazole rings is 1. The average molecular weight is 550 g/mol. The van der Waals surface area contributed by atoms with Gasteiger partial charge in [-0.3, -0.25) is 14.6 Å². The zero-order chi connectivity index (χ0) is 27.7. The fraction of sp³-hybridized carbons (Fsp3) is 0.429. The Morgan fingerprint density at radius 3 is 2.67 bits per heavy atom. The van der Waals surface area contributed by atoms with E-state index in [0.29, 0.717) is 18.2 Å². The van der Waals surface area contributed by atoms with Crippen molar-refractivity contribution in [2.45, 2.75) is 58.4 Å². The zero-order valence-electron chi connectivity index (χ0n) is 22.5. The van der Waals surface area contributed by atoms with Gasteiger partial charge in [0.1, 0.15) is 12.2 Å².